The Kier molecular flexibility index (Phi) is 51.7. The summed E-state index contributed by atoms with van der Waals surface area (Å²) in [5.74, 6) is -3.18. The number of aliphatic carboxylic acids is 1. The van der Waals surface area contributed by atoms with E-state index in [1.165, 1.54) is 70.6 Å². The number of esters is 3. The van der Waals surface area contributed by atoms with Crippen molar-refractivity contribution in [1.29, 1.82) is 0 Å². The zero-order chi connectivity index (χ0) is 58.9. The molecule has 462 valence electrons. The first-order chi connectivity index (χ1) is 39.6. The van der Waals surface area contributed by atoms with Crippen molar-refractivity contribution >= 4 is 23.9 Å². The second-order valence-electron chi connectivity index (χ2n) is 21.6. The van der Waals surface area contributed by atoms with Gasteiger partial charge in [0, 0.05) is 19.3 Å². The second-order valence-corrected chi connectivity index (χ2v) is 21.6. The summed E-state index contributed by atoms with van der Waals surface area (Å²) in [7, 11) is 0. The van der Waals surface area contributed by atoms with Crippen LogP contribution in [0.25, 0.3) is 0 Å². The van der Waals surface area contributed by atoms with E-state index in [0.29, 0.717) is 19.3 Å². The van der Waals surface area contributed by atoms with Crippen molar-refractivity contribution in [3.63, 3.8) is 0 Å². The highest BCUT2D eigenvalue weighted by Crippen LogP contribution is 2.26. The number of carbonyl (C=O) groups is 4. The summed E-state index contributed by atoms with van der Waals surface area (Å²) in [6, 6.07) is 0. The van der Waals surface area contributed by atoms with Gasteiger partial charge < -0.3 is 39.0 Å². The van der Waals surface area contributed by atoms with E-state index in [-0.39, 0.29) is 25.9 Å². The van der Waals surface area contributed by atoms with Crippen molar-refractivity contribution in [2.45, 2.75) is 302 Å². The molecule has 1 rings (SSSR count). The fourth-order valence-corrected chi connectivity index (χ4v) is 9.25. The highest BCUT2D eigenvalue weighted by Gasteiger charge is 2.50. The van der Waals surface area contributed by atoms with Gasteiger partial charge in [-0.15, -0.1) is 0 Å². The molecule has 3 N–H and O–H groups in total. The van der Waals surface area contributed by atoms with E-state index in [0.717, 1.165) is 135 Å². The van der Waals surface area contributed by atoms with Crippen LogP contribution in [0.3, 0.4) is 0 Å². The van der Waals surface area contributed by atoms with Gasteiger partial charge in [-0.2, -0.15) is 0 Å². The lowest BCUT2D eigenvalue weighted by Crippen LogP contribution is -2.61. The second kappa shape index (κ2) is 56.1. The topological polar surface area (TPSA) is 175 Å². The van der Waals surface area contributed by atoms with Crippen LogP contribution in [0.2, 0.25) is 0 Å². The minimum Gasteiger partial charge on any atom is -0.479 e. The summed E-state index contributed by atoms with van der Waals surface area (Å²) in [5.41, 5.74) is 0. The van der Waals surface area contributed by atoms with Gasteiger partial charge in [-0.3, -0.25) is 14.4 Å². The molecule has 6 unspecified atom stereocenters. The first kappa shape index (κ1) is 74.7. The van der Waals surface area contributed by atoms with E-state index in [2.05, 4.69) is 118 Å². The molecule has 81 heavy (non-hydrogen) atoms. The van der Waals surface area contributed by atoms with Gasteiger partial charge in [0.25, 0.3) is 0 Å². The molecule has 12 nitrogen and oxygen atoms in total. The number of aliphatic hydroxyl groups is 2. The van der Waals surface area contributed by atoms with Gasteiger partial charge in [-0.25, -0.2) is 4.79 Å². The van der Waals surface area contributed by atoms with Gasteiger partial charge in [0.15, 0.2) is 24.6 Å². The van der Waals surface area contributed by atoms with Gasteiger partial charge in [0.05, 0.1) is 6.61 Å². The molecule has 0 radical (unpaired) electrons. The summed E-state index contributed by atoms with van der Waals surface area (Å²) in [6.45, 7) is 5.74. The van der Waals surface area contributed by atoms with Crippen LogP contribution in [-0.2, 0) is 42.9 Å². The van der Waals surface area contributed by atoms with Crippen molar-refractivity contribution in [1.82, 2.24) is 0 Å². The number of carboxylic acid groups (broad SMARTS) is 1. The minimum atomic E-state index is -1.91. The fraction of sp³-hybridized carbons (Fsp3) is 0.710. The van der Waals surface area contributed by atoms with Crippen LogP contribution in [-0.4, -0.2) is 89.2 Å². The molecule has 1 saturated heterocycles. The number of carboxylic acids is 1. The quantitative estimate of drug-likeness (QED) is 0.0228. The molecule has 0 amide bonds. The Morgan fingerprint density at radius 3 is 1.21 bits per heavy atom. The van der Waals surface area contributed by atoms with Crippen molar-refractivity contribution < 1.29 is 58.2 Å². The maximum absolute atomic E-state index is 13.2. The van der Waals surface area contributed by atoms with Gasteiger partial charge in [0.1, 0.15) is 18.8 Å². The zero-order valence-electron chi connectivity index (χ0n) is 51.0. The van der Waals surface area contributed by atoms with E-state index in [9.17, 15) is 34.5 Å². The highest BCUT2D eigenvalue weighted by molar-refractivity contribution is 5.74. The Hall–Kier alpha value is -4.36. The van der Waals surface area contributed by atoms with E-state index in [1.807, 2.05) is 0 Å². The van der Waals surface area contributed by atoms with Crippen molar-refractivity contribution in [2.75, 3.05) is 13.2 Å². The van der Waals surface area contributed by atoms with Crippen molar-refractivity contribution in [2.24, 2.45) is 0 Å². The van der Waals surface area contributed by atoms with E-state index in [1.54, 1.807) is 0 Å². The first-order valence-corrected chi connectivity index (χ1v) is 32.2. The Balaban J connectivity index is 2.66. The number of hydrogen-bond acceptors (Lipinski definition) is 11. The lowest BCUT2D eigenvalue weighted by molar-refractivity contribution is -0.301. The predicted molar refractivity (Wildman–Crippen MR) is 331 cm³/mol. The molecular formula is C69H114O12. The van der Waals surface area contributed by atoms with Crippen LogP contribution in [0.5, 0.6) is 0 Å². The monoisotopic (exact) mass is 1130 g/mol. The van der Waals surface area contributed by atoms with E-state index in [4.69, 9.17) is 23.7 Å². The highest BCUT2D eigenvalue weighted by atomic mass is 16.7. The Bertz CT molecular complexity index is 1780. The Morgan fingerprint density at radius 1 is 0.420 bits per heavy atom. The minimum absolute atomic E-state index is 0.0501. The van der Waals surface area contributed by atoms with Crippen LogP contribution in [0.15, 0.2) is 97.2 Å². The van der Waals surface area contributed by atoms with Gasteiger partial charge in [-0.1, -0.05) is 227 Å². The summed E-state index contributed by atoms with van der Waals surface area (Å²) < 4.78 is 28.5. The van der Waals surface area contributed by atoms with E-state index < -0.39 is 67.3 Å². The maximum atomic E-state index is 13.2. The molecule has 1 heterocycles. The molecule has 0 aromatic rings. The SMILES string of the molecule is CC/C=C\C/C=C\C/C=C\C/C=C\CCCCCCCCC(=O)OCC(COC1OC(C(=O)O)C(O)C(O)C1OC(=O)CCCCCCCCCCC/C=C\CCCCCCCC)OC(=O)CCCCC/C=C\C/C=C\C/C=C\CC. The van der Waals surface area contributed by atoms with Crippen molar-refractivity contribution in [3.05, 3.63) is 97.2 Å². The standard InChI is InChI=1S/C69H114O12/c1-4-7-10-13-16-19-22-25-27-29-31-33-35-38-40-43-46-49-52-55-61(70)77-58-60(79-62(71)56-53-50-47-44-41-37-24-21-18-15-12-9-6-3)59-78-69-67(65(74)64(73)66(81-69)68(75)76)80-63(72)57-54-51-48-45-42-39-36-34-32-30-28-26-23-20-17-14-11-8-5-2/h7,9-10,12,16,18-19,21,25-28,31,33,37,41,60,64-67,69,73-74H,4-6,8,11,13-15,17,20,22-24,29-30,32,34-36,38-40,42-59H2,1-3H3,(H,75,76)/b10-7-,12-9-,19-16-,21-18-,27-25-,28-26-,33-31-,41-37-. The maximum Gasteiger partial charge on any atom is 0.335 e. The third-order valence-electron chi connectivity index (χ3n) is 14.1. The van der Waals surface area contributed by atoms with Crippen molar-refractivity contribution in [3.8, 4) is 0 Å². The smallest absolute Gasteiger partial charge is 0.335 e. The average molecular weight is 1140 g/mol. The van der Waals surface area contributed by atoms with Gasteiger partial charge in [-0.05, 0) is 116 Å². The molecule has 0 saturated carbocycles. The van der Waals surface area contributed by atoms with E-state index >= 15 is 0 Å². The number of aliphatic hydroxyl groups excluding tert-OH is 2. The number of allylic oxidation sites excluding steroid dienone is 16. The number of carbonyl (C=O) groups excluding carboxylic acids is 3. The molecule has 0 aromatic heterocycles. The summed E-state index contributed by atoms with van der Waals surface area (Å²) in [6.07, 6.45) is 62.3. The summed E-state index contributed by atoms with van der Waals surface area (Å²) >= 11 is 0. The molecule has 0 spiro atoms. The van der Waals surface area contributed by atoms with Crippen LogP contribution in [0.4, 0.5) is 0 Å². The molecule has 1 fully saturated rings. The first-order valence-electron chi connectivity index (χ1n) is 32.2. The molecule has 12 heteroatoms. The summed E-state index contributed by atoms with van der Waals surface area (Å²) in [5, 5.41) is 31.6. The average Bonchev–Trinajstić information content (AvgIpc) is 3.45. The zero-order valence-corrected chi connectivity index (χ0v) is 51.0. The molecular weight excluding hydrogens is 1020 g/mol. The molecule has 0 aromatic carbocycles. The fourth-order valence-electron chi connectivity index (χ4n) is 9.25. The van der Waals surface area contributed by atoms with Crippen LogP contribution in [0.1, 0.15) is 265 Å². The van der Waals surface area contributed by atoms with Gasteiger partial charge in [0.2, 0.25) is 0 Å². The lowest BCUT2D eigenvalue weighted by atomic mass is 9.98. The molecule has 0 bridgehead atoms. The molecule has 1 aliphatic heterocycles. The number of ether oxygens (including phenoxy) is 5. The predicted octanol–water partition coefficient (Wildman–Crippen LogP) is 17.2. The number of rotatable bonds is 54. The number of hydrogen-bond donors (Lipinski definition) is 3. The molecule has 0 aliphatic carbocycles. The molecule has 1 aliphatic rings. The molecule has 6 atom stereocenters. The number of unbranched alkanes of at least 4 members (excludes halogenated alkanes) is 24. The third-order valence-corrected chi connectivity index (χ3v) is 14.1. The Morgan fingerprint density at radius 2 is 0.778 bits per heavy atom. The van der Waals surface area contributed by atoms with Crippen LogP contribution >= 0.6 is 0 Å². The normalized spacial score (nSPS) is 18.4. The summed E-state index contributed by atoms with van der Waals surface area (Å²) in [4.78, 5) is 51.3. The lowest BCUT2D eigenvalue weighted by Gasteiger charge is -2.40. The largest absolute Gasteiger partial charge is 0.479 e. The third kappa shape index (κ3) is 45.8. The van der Waals surface area contributed by atoms with Gasteiger partial charge >= 0.3 is 23.9 Å². The van der Waals surface area contributed by atoms with Crippen LogP contribution < -0.4 is 0 Å². The van der Waals surface area contributed by atoms with Crippen LogP contribution in [0, 0.1) is 0 Å². The Labute approximate surface area is 492 Å².